The van der Waals surface area contributed by atoms with Gasteiger partial charge in [0.25, 0.3) is 11.8 Å². The molecule has 0 bridgehead atoms. The normalized spacial score (nSPS) is 18.2. The molecule has 1 aliphatic heterocycles. The lowest BCUT2D eigenvalue weighted by molar-refractivity contribution is -0.124. The molecule has 0 fully saturated rings. The summed E-state index contributed by atoms with van der Waals surface area (Å²) >= 11 is 0. The third-order valence-corrected chi connectivity index (χ3v) is 1.65. The Balaban J connectivity index is 3.01. The monoisotopic (exact) mass is 139 g/mol. The predicted octanol–water partition coefficient (Wildman–Crippen LogP) is 0.369. The standard InChI is InChI=1S/C7H9NO2/c1-3-5-4(2)6(9)8-7(5)10/h3H2,1-2H3,(H,8,9,10). The zero-order valence-electron chi connectivity index (χ0n) is 6.02. The van der Waals surface area contributed by atoms with E-state index >= 15 is 0 Å². The molecule has 1 rings (SSSR count). The smallest absolute Gasteiger partial charge is 0.254 e. The molecule has 0 unspecified atom stereocenters. The Labute approximate surface area is 59.1 Å². The first kappa shape index (κ1) is 6.99. The fourth-order valence-corrected chi connectivity index (χ4v) is 1.01. The van der Waals surface area contributed by atoms with Crippen LogP contribution >= 0.6 is 0 Å². The maximum absolute atomic E-state index is 10.8. The highest BCUT2D eigenvalue weighted by molar-refractivity contribution is 6.19. The first-order valence-corrected chi connectivity index (χ1v) is 3.22. The van der Waals surface area contributed by atoms with Crippen molar-refractivity contribution >= 4 is 11.8 Å². The molecule has 1 heterocycles. The van der Waals surface area contributed by atoms with Crippen molar-refractivity contribution in [2.24, 2.45) is 0 Å². The molecule has 54 valence electrons. The van der Waals surface area contributed by atoms with Gasteiger partial charge >= 0.3 is 0 Å². The van der Waals surface area contributed by atoms with Gasteiger partial charge in [-0.05, 0) is 13.3 Å². The summed E-state index contributed by atoms with van der Waals surface area (Å²) in [7, 11) is 0. The zero-order valence-corrected chi connectivity index (χ0v) is 6.02. The van der Waals surface area contributed by atoms with Crippen LogP contribution in [0.4, 0.5) is 0 Å². The number of hydrogen-bond donors (Lipinski definition) is 1. The van der Waals surface area contributed by atoms with Crippen molar-refractivity contribution in [1.29, 1.82) is 0 Å². The van der Waals surface area contributed by atoms with Crippen LogP contribution in [-0.2, 0) is 9.59 Å². The number of nitrogens with one attached hydrogen (secondary N) is 1. The van der Waals surface area contributed by atoms with E-state index in [0.29, 0.717) is 17.6 Å². The van der Waals surface area contributed by atoms with Gasteiger partial charge in [0.2, 0.25) is 0 Å². The van der Waals surface area contributed by atoms with Crippen molar-refractivity contribution in [3.05, 3.63) is 11.1 Å². The first-order valence-electron chi connectivity index (χ1n) is 3.22. The molecule has 0 aromatic carbocycles. The van der Waals surface area contributed by atoms with Crippen molar-refractivity contribution in [3.63, 3.8) is 0 Å². The maximum Gasteiger partial charge on any atom is 0.254 e. The Morgan fingerprint density at radius 1 is 1.30 bits per heavy atom. The molecule has 2 amide bonds. The van der Waals surface area contributed by atoms with E-state index in [0.717, 1.165) is 0 Å². The van der Waals surface area contributed by atoms with Gasteiger partial charge in [-0.3, -0.25) is 14.9 Å². The molecule has 0 atom stereocenters. The SMILES string of the molecule is CCC1=C(C)C(=O)NC1=O. The quantitative estimate of drug-likeness (QED) is 0.533. The van der Waals surface area contributed by atoms with E-state index in [4.69, 9.17) is 0 Å². The van der Waals surface area contributed by atoms with Gasteiger partial charge in [0.05, 0.1) is 0 Å². The van der Waals surface area contributed by atoms with E-state index in [1.165, 1.54) is 0 Å². The van der Waals surface area contributed by atoms with Crippen molar-refractivity contribution < 1.29 is 9.59 Å². The van der Waals surface area contributed by atoms with E-state index in [2.05, 4.69) is 5.32 Å². The minimum Gasteiger partial charge on any atom is -0.289 e. The zero-order chi connectivity index (χ0) is 7.72. The summed E-state index contributed by atoms with van der Waals surface area (Å²) in [5.74, 6) is -0.480. The van der Waals surface area contributed by atoms with Gasteiger partial charge in [0, 0.05) is 11.1 Å². The summed E-state index contributed by atoms with van der Waals surface area (Å²) in [5, 5.41) is 2.22. The molecule has 3 nitrogen and oxygen atoms in total. The predicted molar refractivity (Wildman–Crippen MR) is 36.1 cm³/mol. The average molecular weight is 139 g/mol. The lowest BCUT2D eigenvalue weighted by Gasteiger charge is -1.90. The van der Waals surface area contributed by atoms with Gasteiger partial charge in [0.1, 0.15) is 0 Å². The maximum atomic E-state index is 10.8. The topological polar surface area (TPSA) is 46.2 Å². The van der Waals surface area contributed by atoms with Gasteiger partial charge in [-0.15, -0.1) is 0 Å². The van der Waals surface area contributed by atoms with Crippen LogP contribution in [-0.4, -0.2) is 11.8 Å². The van der Waals surface area contributed by atoms with Crippen molar-refractivity contribution in [1.82, 2.24) is 5.32 Å². The van der Waals surface area contributed by atoms with Crippen LogP contribution in [0.15, 0.2) is 11.1 Å². The molecule has 0 aromatic heterocycles. The Morgan fingerprint density at radius 3 is 2.10 bits per heavy atom. The summed E-state index contributed by atoms with van der Waals surface area (Å²) in [6.45, 7) is 3.52. The second-order valence-corrected chi connectivity index (χ2v) is 2.24. The highest BCUT2D eigenvalue weighted by Gasteiger charge is 2.24. The number of amides is 2. The van der Waals surface area contributed by atoms with Crippen LogP contribution < -0.4 is 5.32 Å². The summed E-state index contributed by atoms with van der Waals surface area (Å²) in [6.07, 6.45) is 0.628. The summed E-state index contributed by atoms with van der Waals surface area (Å²) in [6, 6.07) is 0. The number of imide groups is 1. The molecule has 0 radical (unpaired) electrons. The van der Waals surface area contributed by atoms with Crippen LogP contribution in [0.1, 0.15) is 20.3 Å². The van der Waals surface area contributed by atoms with E-state index in [-0.39, 0.29) is 11.8 Å². The molecular weight excluding hydrogens is 130 g/mol. The number of hydrogen-bond acceptors (Lipinski definition) is 2. The van der Waals surface area contributed by atoms with Gasteiger partial charge in [-0.1, -0.05) is 6.92 Å². The molecule has 0 saturated carbocycles. The van der Waals surface area contributed by atoms with Gasteiger partial charge in [-0.25, -0.2) is 0 Å². The fraction of sp³-hybridized carbons (Fsp3) is 0.429. The molecule has 0 spiro atoms. The Morgan fingerprint density at radius 2 is 1.90 bits per heavy atom. The summed E-state index contributed by atoms with van der Waals surface area (Å²) < 4.78 is 0. The van der Waals surface area contributed by atoms with Gasteiger partial charge < -0.3 is 0 Å². The molecule has 10 heavy (non-hydrogen) atoms. The molecule has 0 aliphatic carbocycles. The highest BCUT2D eigenvalue weighted by Crippen LogP contribution is 2.13. The lowest BCUT2D eigenvalue weighted by atomic mass is 10.1. The van der Waals surface area contributed by atoms with Crippen LogP contribution in [0.2, 0.25) is 0 Å². The molecule has 0 saturated heterocycles. The Hall–Kier alpha value is -1.12. The molecular formula is C7H9NO2. The highest BCUT2D eigenvalue weighted by atomic mass is 16.2. The lowest BCUT2D eigenvalue weighted by Crippen LogP contribution is -2.22. The van der Waals surface area contributed by atoms with E-state index < -0.39 is 0 Å². The molecule has 1 aliphatic rings. The minimum atomic E-state index is -0.248. The van der Waals surface area contributed by atoms with E-state index in [1.807, 2.05) is 6.92 Å². The van der Waals surface area contributed by atoms with Crippen molar-refractivity contribution in [3.8, 4) is 0 Å². The second kappa shape index (κ2) is 2.25. The number of carbonyl (C=O) groups is 2. The largest absolute Gasteiger partial charge is 0.289 e. The van der Waals surface area contributed by atoms with Gasteiger partial charge in [-0.2, -0.15) is 0 Å². The summed E-state index contributed by atoms with van der Waals surface area (Å²) in [5.41, 5.74) is 1.18. The molecule has 1 N–H and O–H groups in total. The number of rotatable bonds is 1. The van der Waals surface area contributed by atoms with Crippen LogP contribution in [0.3, 0.4) is 0 Å². The molecule has 3 heteroatoms. The third-order valence-electron chi connectivity index (χ3n) is 1.65. The molecule has 0 aromatic rings. The third kappa shape index (κ3) is 0.835. The Bertz CT molecular complexity index is 228. The van der Waals surface area contributed by atoms with Gasteiger partial charge in [0.15, 0.2) is 0 Å². The minimum absolute atomic E-state index is 0.231. The summed E-state index contributed by atoms with van der Waals surface area (Å²) in [4.78, 5) is 21.6. The van der Waals surface area contributed by atoms with E-state index in [9.17, 15) is 9.59 Å². The van der Waals surface area contributed by atoms with Crippen LogP contribution in [0, 0.1) is 0 Å². The fourth-order valence-electron chi connectivity index (χ4n) is 1.01. The van der Waals surface area contributed by atoms with Crippen molar-refractivity contribution in [2.75, 3.05) is 0 Å². The van der Waals surface area contributed by atoms with Crippen LogP contribution in [0.25, 0.3) is 0 Å². The number of carbonyl (C=O) groups excluding carboxylic acids is 2. The first-order chi connectivity index (χ1) is 4.66. The Kier molecular flexibility index (Phi) is 1.57. The van der Waals surface area contributed by atoms with Crippen LogP contribution in [0.5, 0.6) is 0 Å². The van der Waals surface area contributed by atoms with E-state index in [1.54, 1.807) is 6.92 Å². The van der Waals surface area contributed by atoms with Crippen molar-refractivity contribution in [2.45, 2.75) is 20.3 Å². The second-order valence-electron chi connectivity index (χ2n) is 2.24. The average Bonchev–Trinajstić information content (AvgIpc) is 2.09.